The molecule has 0 radical (unpaired) electrons. The monoisotopic (exact) mass is 553 g/mol. The number of nitrogens with one attached hydrogen (secondary N) is 1. The van der Waals surface area contributed by atoms with Gasteiger partial charge in [-0.05, 0) is 98.0 Å². The lowest BCUT2D eigenvalue weighted by molar-refractivity contribution is -0.991. The van der Waals surface area contributed by atoms with Crippen LogP contribution in [0, 0.1) is 39.7 Å². The Balaban J connectivity index is 1.16. The lowest BCUT2D eigenvalue weighted by Gasteiger charge is -2.58. The molecule has 6 heteroatoms. The van der Waals surface area contributed by atoms with Gasteiger partial charge in [0.2, 0.25) is 0 Å². The second-order valence-electron chi connectivity index (χ2n) is 13.8. The van der Waals surface area contributed by atoms with Crippen molar-refractivity contribution >= 4 is 11.8 Å². The van der Waals surface area contributed by atoms with E-state index < -0.39 is 11.4 Å². The normalized spacial score (nSPS) is 35.6. The molecular weight excluding hydrogens is 502 g/mol. The highest BCUT2D eigenvalue weighted by Crippen LogP contribution is 2.66. The van der Waals surface area contributed by atoms with E-state index in [1.54, 1.807) is 0 Å². The van der Waals surface area contributed by atoms with Crippen LogP contribution in [0.15, 0.2) is 35.9 Å². The molecule has 0 bridgehead atoms. The Kier molecular flexibility index (Phi) is 9.28. The third-order valence-electron chi connectivity index (χ3n) is 11.7. The van der Waals surface area contributed by atoms with E-state index in [0.717, 1.165) is 42.9 Å². The summed E-state index contributed by atoms with van der Waals surface area (Å²) >= 11 is 0. The average molecular weight is 554 g/mol. The first kappa shape index (κ1) is 29.6. The summed E-state index contributed by atoms with van der Waals surface area (Å²) in [5, 5.41) is 19.1. The summed E-state index contributed by atoms with van der Waals surface area (Å²) in [7, 11) is 0. The van der Waals surface area contributed by atoms with Crippen LogP contribution in [0.4, 0.5) is 10.5 Å². The molecule has 8 unspecified atom stereocenters. The van der Waals surface area contributed by atoms with Crippen molar-refractivity contribution < 1.29 is 24.7 Å². The van der Waals surface area contributed by atoms with Crippen LogP contribution in [0.25, 0.3) is 0 Å². The molecular formula is C34H51NO5. The lowest BCUT2D eigenvalue weighted by atomic mass is 9.47. The summed E-state index contributed by atoms with van der Waals surface area (Å²) in [6.45, 7) is 7.44. The van der Waals surface area contributed by atoms with Crippen molar-refractivity contribution in [2.75, 3.05) is 0 Å². The second-order valence-corrected chi connectivity index (χ2v) is 13.8. The third kappa shape index (κ3) is 6.00. The molecule has 8 atom stereocenters. The fourth-order valence-corrected chi connectivity index (χ4v) is 9.40. The van der Waals surface area contributed by atoms with Crippen molar-refractivity contribution in [3.63, 3.8) is 0 Å². The Bertz CT molecular complexity index is 1040. The molecule has 1 aromatic rings. The van der Waals surface area contributed by atoms with Crippen molar-refractivity contribution in [1.82, 2.24) is 0 Å². The van der Waals surface area contributed by atoms with Crippen molar-refractivity contribution in [2.24, 2.45) is 34.5 Å². The van der Waals surface area contributed by atoms with Crippen molar-refractivity contribution in [3.8, 4) is 5.75 Å². The van der Waals surface area contributed by atoms with Crippen LogP contribution in [0.2, 0.25) is 0 Å². The van der Waals surface area contributed by atoms with Crippen molar-refractivity contribution in [2.45, 2.75) is 123 Å². The first-order valence-electron chi connectivity index (χ1n) is 16.2. The number of allylic oxidation sites excluding steroid dienone is 1. The van der Waals surface area contributed by atoms with Gasteiger partial charge in [0.15, 0.2) is 5.69 Å². The minimum atomic E-state index is -1.01. The summed E-state index contributed by atoms with van der Waals surface area (Å²) in [4.78, 5) is 12.5. The molecule has 0 heterocycles. The number of fused-ring (bicyclic) bond motifs is 5. The van der Waals surface area contributed by atoms with Gasteiger partial charge >= 0.3 is 6.16 Å². The highest BCUT2D eigenvalue weighted by Gasteiger charge is 2.58. The van der Waals surface area contributed by atoms with Crippen LogP contribution in [-0.2, 0) is 4.74 Å². The van der Waals surface area contributed by atoms with Gasteiger partial charge in [-0.2, -0.15) is 5.23 Å². The molecule has 3 saturated carbocycles. The summed E-state index contributed by atoms with van der Waals surface area (Å²) in [5.74, 6) is 3.63. The van der Waals surface area contributed by atoms with Crippen molar-refractivity contribution in [1.29, 1.82) is 0 Å². The zero-order chi connectivity index (χ0) is 28.3. The maximum Gasteiger partial charge on any atom is 0.514 e. The number of unbranched alkanes of at least 4 members (excludes halogenated alkanes) is 5. The van der Waals surface area contributed by atoms with Gasteiger partial charge < -0.3 is 14.7 Å². The SMILES string of the molecule is CCCCCCCCC1CCC2C3CC=C4CC(OC(=O)Oc5ccc([NH+]([O-])O)cc5)CCC4(C)C3CCC12C. The van der Waals surface area contributed by atoms with Gasteiger partial charge in [0, 0.05) is 18.6 Å². The summed E-state index contributed by atoms with van der Waals surface area (Å²) in [6.07, 6.45) is 21.0. The number of rotatable bonds is 10. The molecule has 4 aliphatic rings. The number of ether oxygens (including phenoxy) is 2. The molecule has 1 aromatic carbocycles. The van der Waals surface area contributed by atoms with Crippen LogP contribution in [0.5, 0.6) is 5.75 Å². The van der Waals surface area contributed by atoms with E-state index in [0.29, 0.717) is 11.2 Å². The maximum atomic E-state index is 12.5. The summed E-state index contributed by atoms with van der Waals surface area (Å²) in [6, 6.07) is 5.84. The van der Waals surface area contributed by atoms with Crippen LogP contribution < -0.4 is 9.96 Å². The molecule has 0 aliphatic heterocycles. The Labute approximate surface area is 241 Å². The van der Waals surface area contributed by atoms with E-state index in [4.69, 9.17) is 14.7 Å². The van der Waals surface area contributed by atoms with Crippen LogP contribution in [0.1, 0.15) is 117 Å². The Hall–Kier alpha value is -1.89. The molecule has 6 nitrogen and oxygen atoms in total. The average Bonchev–Trinajstić information content (AvgIpc) is 3.27. The van der Waals surface area contributed by atoms with E-state index in [2.05, 4.69) is 26.8 Å². The number of carbonyl (C=O) groups is 1. The Morgan fingerprint density at radius 2 is 1.75 bits per heavy atom. The molecule has 0 amide bonds. The van der Waals surface area contributed by atoms with E-state index in [-0.39, 0.29) is 17.2 Å². The van der Waals surface area contributed by atoms with Gasteiger partial charge in [0.05, 0.1) is 0 Å². The van der Waals surface area contributed by atoms with Gasteiger partial charge in [0.25, 0.3) is 0 Å². The van der Waals surface area contributed by atoms with E-state index in [1.807, 2.05) is 0 Å². The molecule has 4 aliphatic carbocycles. The fraction of sp³-hybridized carbons (Fsp3) is 0.735. The number of benzene rings is 1. The van der Waals surface area contributed by atoms with Gasteiger partial charge in [-0.25, -0.2) is 10.0 Å². The van der Waals surface area contributed by atoms with Crippen LogP contribution >= 0.6 is 0 Å². The minimum Gasteiger partial charge on any atom is -0.595 e. The molecule has 222 valence electrons. The minimum absolute atomic E-state index is 0.156. The van der Waals surface area contributed by atoms with Crippen LogP contribution in [0.3, 0.4) is 0 Å². The number of hydrogen-bond acceptors (Lipinski definition) is 5. The largest absolute Gasteiger partial charge is 0.595 e. The third-order valence-corrected chi connectivity index (χ3v) is 11.7. The lowest BCUT2D eigenvalue weighted by Crippen LogP contribution is -2.99. The fourth-order valence-electron chi connectivity index (χ4n) is 9.40. The highest BCUT2D eigenvalue weighted by atomic mass is 16.8. The first-order valence-corrected chi connectivity index (χ1v) is 16.2. The van der Waals surface area contributed by atoms with Gasteiger partial charge in [-0.15, -0.1) is 0 Å². The van der Waals surface area contributed by atoms with Crippen LogP contribution in [-0.4, -0.2) is 17.5 Å². The quantitative estimate of drug-likeness (QED) is 0.100. The molecule has 3 fully saturated rings. The van der Waals surface area contributed by atoms with Gasteiger partial charge in [-0.3, -0.25) is 0 Å². The number of hydrogen-bond donors (Lipinski definition) is 2. The summed E-state index contributed by atoms with van der Waals surface area (Å²) < 4.78 is 11.1. The van der Waals surface area contributed by atoms with E-state index in [9.17, 15) is 10.0 Å². The maximum absolute atomic E-state index is 12.5. The number of carbonyl (C=O) groups excluding carboxylic acids is 1. The smallest absolute Gasteiger partial charge is 0.514 e. The highest BCUT2D eigenvalue weighted by molar-refractivity contribution is 5.64. The van der Waals surface area contributed by atoms with E-state index in [1.165, 1.54) is 107 Å². The topological polar surface area (TPSA) is 83.3 Å². The standard InChI is InChI=1S/C34H51NO5/c1-4-5-6-7-8-9-10-24-12-18-30-29-17-11-25-23-28(19-21-34(25,3)31(29)20-22-33(24,30)2)40-32(36)39-27-15-13-26(14-16-27)35(37)38/h11,13-16,24,28-31,35,37H,4-10,12,17-23H2,1-3H3. The zero-order valence-corrected chi connectivity index (χ0v) is 25.0. The molecule has 0 saturated heterocycles. The molecule has 40 heavy (non-hydrogen) atoms. The summed E-state index contributed by atoms with van der Waals surface area (Å²) in [5.41, 5.74) is 2.40. The molecule has 0 aromatic heterocycles. The van der Waals surface area contributed by atoms with E-state index >= 15 is 0 Å². The van der Waals surface area contributed by atoms with Gasteiger partial charge in [-0.1, -0.05) is 70.9 Å². The molecule has 0 spiro atoms. The van der Waals surface area contributed by atoms with Gasteiger partial charge in [0.1, 0.15) is 11.9 Å². The molecule has 2 N–H and O–H groups in total. The first-order chi connectivity index (χ1) is 19.2. The zero-order valence-electron chi connectivity index (χ0n) is 25.0. The molecule has 5 rings (SSSR count). The Morgan fingerprint density at radius 1 is 1.00 bits per heavy atom. The Morgan fingerprint density at radius 3 is 2.50 bits per heavy atom. The van der Waals surface area contributed by atoms with Crippen molar-refractivity contribution in [3.05, 3.63) is 41.1 Å². The number of quaternary nitrogens is 1. The predicted molar refractivity (Wildman–Crippen MR) is 156 cm³/mol. The predicted octanol–water partition coefficient (Wildman–Crippen LogP) is 8.30. The second kappa shape index (κ2) is 12.5.